The lowest BCUT2D eigenvalue weighted by atomic mass is 10.2. The van der Waals surface area contributed by atoms with E-state index in [1.54, 1.807) is 12.7 Å². The summed E-state index contributed by atoms with van der Waals surface area (Å²) in [4.78, 5) is 0. The van der Waals surface area contributed by atoms with Gasteiger partial charge in [-0.3, -0.25) is 0 Å². The van der Waals surface area contributed by atoms with Gasteiger partial charge in [0, 0.05) is 6.54 Å². The van der Waals surface area contributed by atoms with E-state index in [4.69, 9.17) is 9.47 Å². The highest BCUT2D eigenvalue weighted by molar-refractivity contribution is 5.31. The molecule has 1 aliphatic carbocycles. The van der Waals surface area contributed by atoms with Gasteiger partial charge in [-0.05, 0) is 56.5 Å². The molecule has 2 rings (SSSR count). The van der Waals surface area contributed by atoms with Crippen LogP contribution in [0.4, 0.5) is 0 Å². The van der Waals surface area contributed by atoms with Gasteiger partial charge in [0.25, 0.3) is 0 Å². The first-order chi connectivity index (χ1) is 10.3. The fraction of sp³-hybridized carbons (Fsp3) is 0.529. The number of benzene rings is 1. The van der Waals surface area contributed by atoms with Crippen LogP contribution in [0.15, 0.2) is 35.9 Å². The quantitative estimate of drug-likeness (QED) is 0.542. The Kier molecular flexibility index (Phi) is 6.57. The largest absolute Gasteiger partial charge is 0.497 e. The lowest BCUT2D eigenvalue weighted by Crippen LogP contribution is -2.32. The highest BCUT2D eigenvalue weighted by Crippen LogP contribution is 2.19. The van der Waals surface area contributed by atoms with Crippen LogP contribution in [0.5, 0.6) is 11.5 Å². The Labute approximate surface area is 126 Å². The lowest BCUT2D eigenvalue weighted by Gasteiger charge is -2.13. The minimum absolute atomic E-state index is 0.294. The van der Waals surface area contributed by atoms with Gasteiger partial charge in [-0.25, -0.2) is 0 Å². The Bertz CT molecular complexity index is 442. The van der Waals surface area contributed by atoms with E-state index in [0.717, 1.165) is 24.5 Å². The van der Waals surface area contributed by atoms with E-state index >= 15 is 0 Å². The van der Waals surface area contributed by atoms with Crippen LogP contribution < -0.4 is 14.8 Å². The number of nitrogens with one attached hydrogen (secondary N) is 1. The second-order valence-corrected chi connectivity index (χ2v) is 5.35. The van der Waals surface area contributed by atoms with E-state index in [0.29, 0.717) is 13.2 Å². The number of allylic oxidation sites excluding steroid dienone is 1. The normalized spacial score (nSPS) is 15.6. The molecule has 0 saturated carbocycles. The molecule has 0 heterocycles. The molecule has 0 radical (unpaired) electrons. The van der Waals surface area contributed by atoms with Crippen LogP contribution in [0.3, 0.4) is 0 Å². The first kappa shape index (κ1) is 15.9. The van der Waals surface area contributed by atoms with Gasteiger partial charge in [-0.2, -0.15) is 0 Å². The summed E-state index contributed by atoms with van der Waals surface area (Å²) in [5.41, 5.74) is 1.55. The molecule has 0 aliphatic heterocycles. The Morgan fingerprint density at radius 2 is 2.00 bits per heavy atom. The molecule has 2 N–H and O–H groups in total. The van der Waals surface area contributed by atoms with Gasteiger partial charge in [-0.1, -0.05) is 11.6 Å². The topological polar surface area (TPSA) is 50.7 Å². The summed E-state index contributed by atoms with van der Waals surface area (Å²) in [7, 11) is 1.63. The van der Waals surface area contributed by atoms with Crippen molar-refractivity contribution in [3.05, 3.63) is 35.9 Å². The number of aliphatic hydroxyl groups is 1. The smallest absolute Gasteiger partial charge is 0.119 e. The summed E-state index contributed by atoms with van der Waals surface area (Å²) in [5, 5.41) is 13.2. The van der Waals surface area contributed by atoms with Gasteiger partial charge >= 0.3 is 0 Å². The number of aliphatic hydroxyl groups excluding tert-OH is 1. The molecule has 4 heteroatoms. The third-order valence-electron chi connectivity index (χ3n) is 3.64. The summed E-state index contributed by atoms with van der Waals surface area (Å²) in [6, 6.07) is 7.36. The van der Waals surface area contributed by atoms with Crippen LogP contribution in [0.1, 0.15) is 25.7 Å². The predicted octanol–water partition coefficient (Wildman–Crippen LogP) is 2.52. The molecule has 1 aliphatic rings. The maximum Gasteiger partial charge on any atom is 0.119 e. The van der Waals surface area contributed by atoms with E-state index in [9.17, 15) is 5.11 Å². The third kappa shape index (κ3) is 5.78. The zero-order chi connectivity index (χ0) is 14.9. The predicted molar refractivity (Wildman–Crippen MR) is 83.9 cm³/mol. The molecule has 1 unspecified atom stereocenters. The average molecular weight is 291 g/mol. The maximum absolute atomic E-state index is 9.88. The second-order valence-electron chi connectivity index (χ2n) is 5.35. The van der Waals surface area contributed by atoms with Gasteiger partial charge in [-0.15, -0.1) is 0 Å². The summed E-state index contributed by atoms with van der Waals surface area (Å²) >= 11 is 0. The molecule has 0 bridgehead atoms. The van der Waals surface area contributed by atoms with E-state index in [1.807, 2.05) is 24.3 Å². The Morgan fingerprint density at radius 3 is 2.67 bits per heavy atom. The van der Waals surface area contributed by atoms with Crippen LogP contribution in [-0.4, -0.2) is 38.0 Å². The van der Waals surface area contributed by atoms with E-state index in [2.05, 4.69) is 11.4 Å². The van der Waals surface area contributed by atoms with Crippen LogP contribution in [0.2, 0.25) is 0 Å². The molecular weight excluding hydrogens is 266 g/mol. The van der Waals surface area contributed by atoms with Crippen molar-refractivity contribution >= 4 is 0 Å². The Morgan fingerprint density at radius 1 is 1.24 bits per heavy atom. The minimum atomic E-state index is -0.496. The summed E-state index contributed by atoms with van der Waals surface area (Å²) < 4.78 is 10.6. The molecule has 0 spiro atoms. The van der Waals surface area contributed by atoms with Crippen LogP contribution >= 0.6 is 0 Å². The zero-order valence-corrected chi connectivity index (χ0v) is 12.7. The molecule has 0 aromatic heterocycles. The molecule has 116 valence electrons. The van der Waals surface area contributed by atoms with Crippen LogP contribution in [-0.2, 0) is 0 Å². The minimum Gasteiger partial charge on any atom is -0.497 e. The number of methoxy groups -OCH3 is 1. The fourth-order valence-electron chi connectivity index (χ4n) is 2.41. The fourth-order valence-corrected chi connectivity index (χ4v) is 2.41. The summed E-state index contributed by atoms with van der Waals surface area (Å²) in [5.74, 6) is 1.54. The standard InChI is InChI=1S/C17H25NO3/c1-20-16-6-8-17(9-7-16)21-13-15(19)12-18-11-10-14-4-2-3-5-14/h4,6-9,15,18-19H,2-3,5,10-13H2,1H3. The molecule has 0 saturated heterocycles. The van der Waals surface area contributed by atoms with Crippen molar-refractivity contribution in [1.29, 1.82) is 0 Å². The van der Waals surface area contributed by atoms with E-state index in [-0.39, 0.29) is 0 Å². The lowest BCUT2D eigenvalue weighted by molar-refractivity contribution is 0.106. The molecule has 1 atom stereocenters. The van der Waals surface area contributed by atoms with Crippen molar-refractivity contribution in [1.82, 2.24) is 5.32 Å². The Balaban J connectivity index is 1.57. The van der Waals surface area contributed by atoms with Crippen molar-refractivity contribution < 1.29 is 14.6 Å². The SMILES string of the molecule is COc1ccc(OCC(O)CNCCC2=CCCC2)cc1. The van der Waals surface area contributed by atoms with E-state index < -0.39 is 6.10 Å². The zero-order valence-electron chi connectivity index (χ0n) is 12.7. The first-order valence-corrected chi connectivity index (χ1v) is 7.61. The number of ether oxygens (including phenoxy) is 2. The number of hydrogen-bond donors (Lipinski definition) is 2. The van der Waals surface area contributed by atoms with Crippen molar-refractivity contribution in [2.75, 3.05) is 26.8 Å². The van der Waals surface area contributed by atoms with Crippen molar-refractivity contribution in [2.45, 2.75) is 31.8 Å². The summed E-state index contributed by atoms with van der Waals surface area (Å²) in [6.07, 6.45) is 6.70. The highest BCUT2D eigenvalue weighted by Gasteiger charge is 2.07. The molecule has 0 amide bonds. The molecule has 4 nitrogen and oxygen atoms in total. The third-order valence-corrected chi connectivity index (χ3v) is 3.64. The van der Waals surface area contributed by atoms with Crippen molar-refractivity contribution in [3.8, 4) is 11.5 Å². The molecule has 21 heavy (non-hydrogen) atoms. The van der Waals surface area contributed by atoms with Gasteiger partial charge in [0.1, 0.15) is 24.2 Å². The molecule has 1 aromatic rings. The van der Waals surface area contributed by atoms with Gasteiger partial charge in [0.15, 0.2) is 0 Å². The van der Waals surface area contributed by atoms with Gasteiger partial charge in [0.05, 0.1) is 7.11 Å². The van der Waals surface area contributed by atoms with E-state index in [1.165, 1.54) is 19.3 Å². The molecule has 0 fully saturated rings. The molecule has 1 aromatic carbocycles. The van der Waals surface area contributed by atoms with Gasteiger partial charge < -0.3 is 19.9 Å². The second kappa shape index (κ2) is 8.70. The van der Waals surface area contributed by atoms with Gasteiger partial charge in [0.2, 0.25) is 0 Å². The Hall–Kier alpha value is -1.52. The highest BCUT2D eigenvalue weighted by atomic mass is 16.5. The number of rotatable bonds is 9. The van der Waals surface area contributed by atoms with Crippen molar-refractivity contribution in [3.63, 3.8) is 0 Å². The van der Waals surface area contributed by atoms with Crippen LogP contribution in [0, 0.1) is 0 Å². The van der Waals surface area contributed by atoms with Crippen molar-refractivity contribution in [2.24, 2.45) is 0 Å². The number of hydrogen-bond acceptors (Lipinski definition) is 4. The van der Waals surface area contributed by atoms with Crippen LogP contribution in [0.25, 0.3) is 0 Å². The average Bonchev–Trinajstić information content (AvgIpc) is 3.03. The monoisotopic (exact) mass is 291 g/mol. The first-order valence-electron chi connectivity index (χ1n) is 7.61. The maximum atomic E-state index is 9.88. The molecular formula is C17H25NO3. The summed E-state index contributed by atoms with van der Waals surface area (Å²) in [6.45, 7) is 1.77.